The van der Waals surface area contributed by atoms with Gasteiger partial charge in [-0.15, -0.1) is 0 Å². The van der Waals surface area contributed by atoms with Crippen LogP contribution in [0.4, 0.5) is 10.1 Å². The molecule has 4 heteroatoms. The van der Waals surface area contributed by atoms with Crippen molar-refractivity contribution in [2.45, 2.75) is 45.2 Å². The molecule has 1 heterocycles. The molecule has 1 N–H and O–H groups in total. The zero-order chi connectivity index (χ0) is 14.0. The predicted molar refractivity (Wildman–Crippen MR) is 87.2 cm³/mol. The Morgan fingerprint density at radius 3 is 2.68 bits per heavy atom. The molecule has 2 rings (SSSR count). The summed E-state index contributed by atoms with van der Waals surface area (Å²) >= 11 is 2.23. The predicted octanol–water partition coefficient (Wildman–Crippen LogP) is 3.79. The highest BCUT2D eigenvalue weighted by Gasteiger charge is 2.35. The van der Waals surface area contributed by atoms with Crippen LogP contribution in [-0.4, -0.2) is 24.7 Å². The molecule has 0 amide bonds. The van der Waals surface area contributed by atoms with Gasteiger partial charge in [0.1, 0.15) is 5.82 Å². The minimum absolute atomic E-state index is 0.159. The van der Waals surface area contributed by atoms with E-state index in [1.807, 2.05) is 6.07 Å². The van der Waals surface area contributed by atoms with Gasteiger partial charge < -0.3 is 10.2 Å². The SMILES string of the molecule is CCC1(CC)CN(c2ccc(F)cc2I)C(C)CN1. The van der Waals surface area contributed by atoms with Crippen LogP contribution in [0.3, 0.4) is 0 Å². The molecule has 1 aliphatic heterocycles. The normalized spacial score (nSPS) is 22.6. The first-order chi connectivity index (χ1) is 9.01. The fourth-order valence-electron chi connectivity index (χ4n) is 2.77. The molecule has 0 aliphatic carbocycles. The second-order valence-corrected chi connectivity index (χ2v) is 6.60. The van der Waals surface area contributed by atoms with E-state index in [1.54, 1.807) is 12.1 Å². The fraction of sp³-hybridized carbons (Fsp3) is 0.600. The van der Waals surface area contributed by atoms with Gasteiger partial charge in [-0.2, -0.15) is 0 Å². The van der Waals surface area contributed by atoms with Gasteiger partial charge in [-0.25, -0.2) is 4.39 Å². The van der Waals surface area contributed by atoms with Gasteiger partial charge in [0.25, 0.3) is 0 Å². The third-order valence-electron chi connectivity index (χ3n) is 4.35. The van der Waals surface area contributed by atoms with Crippen LogP contribution in [0, 0.1) is 9.39 Å². The van der Waals surface area contributed by atoms with E-state index in [0.717, 1.165) is 35.2 Å². The molecule has 1 atom stereocenters. The molecule has 0 saturated carbocycles. The molecule has 0 aromatic heterocycles. The summed E-state index contributed by atoms with van der Waals surface area (Å²) in [7, 11) is 0. The van der Waals surface area contributed by atoms with Crippen LogP contribution >= 0.6 is 22.6 Å². The van der Waals surface area contributed by atoms with E-state index in [4.69, 9.17) is 0 Å². The van der Waals surface area contributed by atoms with E-state index in [9.17, 15) is 4.39 Å². The average Bonchev–Trinajstić information content (AvgIpc) is 2.41. The van der Waals surface area contributed by atoms with Crippen molar-refractivity contribution in [1.29, 1.82) is 0 Å². The van der Waals surface area contributed by atoms with Crippen molar-refractivity contribution in [2.75, 3.05) is 18.0 Å². The van der Waals surface area contributed by atoms with Gasteiger partial charge >= 0.3 is 0 Å². The van der Waals surface area contributed by atoms with Gasteiger partial charge in [-0.1, -0.05) is 13.8 Å². The molecule has 1 fully saturated rings. The van der Waals surface area contributed by atoms with E-state index >= 15 is 0 Å². The molecule has 1 unspecified atom stereocenters. The van der Waals surface area contributed by atoms with Gasteiger partial charge in [-0.3, -0.25) is 0 Å². The first-order valence-corrected chi connectivity index (χ1v) is 8.06. The first kappa shape index (κ1) is 15.0. The minimum Gasteiger partial charge on any atom is -0.365 e. The molecular weight excluding hydrogens is 354 g/mol. The van der Waals surface area contributed by atoms with E-state index in [2.05, 4.69) is 53.6 Å². The monoisotopic (exact) mass is 376 g/mol. The zero-order valence-electron chi connectivity index (χ0n) is 11.8. The number of hydrogen-bond donors (Lipinski definition) is 1. The van der Waals surface area contributed by atoms with E-state index in [-0.39, 0.29) is 11.4 Å². The van der Waals surface area contributed by atoms with E-state index < -0.39 is 0 Å². The lowest BCUT2D eigenvalue weighted by Gasteiger charge is -2.48. The van der Waals surface area contributed by atoms with Gasteiger partial charge in [-0.05, 0) is 60.6 Å². The largest absolute Gasteiger partial charge is 0.365 e. The number of rotatable bonds is 3. The molecule has 1 aromatic carbocycles. The summed E-state index contributed by atoms with van der Waals surface area (Å²) in [6.45, 7) is 8.67. The molecule has 0 spiro atoms. The molecule has 19 heavy (non-hydrogen) atoms. The Labute approximate surface area is 128 Å². The molecule has 1 aromatic rings. The van der Waals surface area contributed by atoms with Crippen LogP contribution < -0.4 is 10.2 Å². The third kappa shape index (κ3) is 3.05. The van der Waals surface area contributed by atoms with Crippen molar-refractivity contribution in [3.63, 3.8) is 0 Å². The Morgan fingerprint density at radius 1 is 1.42 bits per heavy atom. The summed E-state index contributed by atoms with van der Waals surface area (Å²) in [5.74, 6) is -0.159. The van der Waals surface area contributed by atoms with Crippen molar-refractivity contribution in [2.24, 2.45) is 0 Å². The van der Waals surface area contributed by atoms with Crippen LogP contribution in [0.2, 0.25) is 0 Å². The van der Waals surface area contributed by atoms with Gasteiger partial charge in [0.05, 0.1) is 5.69 Å². The maximum Gasteiger partial charge on any atom is 0.124 e. The number of piperazine rings is 1. The van der Waals surface area contributed by atoms with Gasteiger partial charge in [0.2, 0.25) is 0 Å². The van der Waals surface area contributed by atoms with Crippen LogP contribution in [0.1, 0.15) is 33.6 Å². The van der Waals surface area contributed by atoms with Crippen molar-refractivity contribution < 1.29 is 4.39 Å². The topological polar surface area (TPSA) is 15.3 Å². The van der Waals surface area contributed by atoms with Crippen molar-refractivity contribution >= 4 is 28.3 Å². The van der Waals surface area contributed by atoms with Crippen LogP contribution in [-0.2, 0) is 0 Å². The quantitative estimate of drug-likeness (QED) is 0.808. The molecule has 106 valence electrons. The number of benzene rings is 1. The number of halogens is 2. The summed E-state index contributed by atoms with van der Waals surface area (Å²) < 4.78 is 14.3. The van der Waals surface area contributed by atoms with Crippen molar-refractivity contribution in [1.82, 2.24) is 5.32 Å². The van der Waals surface area contributed by atoms with E-state index in [1.165, 1.54) is 0 Å². The Bertz CT molecular complexity index is 446. The summed E-state index contributed by atoms with van der Waals surface area (Å²) in [6.07, 6.45) is 2.23. The van der Waals surface area contributed by atoms with Gasteiger partial charge in [0.15, 0.2) is 0 Å². The Morgan fingerprint density at radius 2 is 2.11 bits per heavy atom. The molecular formula is C15H22FIN2. The van der Waals surface area contributed by atoms with Crippen LogP contribution in [0.15, 0.2) is 18.2 Å². The Kier molecular flexibility index (Phi) is 4.71. The lowest BCUT2D eigenvalue weighted by atomic mass is 9.88. The highest BCUT2D eigenvalue weighted by molar-refractivity contribution is 14.1. The maximum absolute atomic E-state index is 13.3. The standard InChI is InChI=1S/C15H22FIN2/c1-4-15(5-2)10-19(11(3)9-18-15)14-7-6-12(16)8-13(14)17/h6-8,11,18H,4-5,9-10H2,1-3H3. The average molecular weight is 376 g/mol. The minimum atomic E-state index is -0.159. The lowest BCUT2D eigenvalue weighted by molar-refractivity contribution is 0.253. The third-order valence-corrected chi connectivity index (χ3v) is 5.21. The highest BCUT2D eigenvalue weighted by atomic mass is 127. The maximum atomic E-state index is 13.3. The summed E-state index contributed by atoms with van der Waals surface area (Å²) in [5.41, 5.74) is 1.34. The van der Waals surface area contributed by atoms with Crippen molar-refractivity contribution in [3.05, 3.63) is 27.6 Å². The second-order valence-electron chi connectivity index (χ2n) is 5.44. The fourth-order valence-corrected chi connectivity index (χ4v) is 3.56. The smallest absolute Gasteiger partial charge is 0.124 e. The summed E-state index contributed by atoms with van der Waals surface area (Å²) in [6, 6.07) is 5.52. The number of anilines is 1. The Balaban J connectivity index is 2.31. The number of nitrogens with one attached hydrogen (secondary N) is 1. The van der Waals surface area contributed by atoms with Crippen molar-refractivity contribution in [3.8, 4) is 0 Å². The number of nitrogens with zero attached hydrogens (tertiary/aromatic N) is 1. The first-order valence-electron chi connectivity index (χ1n) is 6.98. The molecule has 0 radical (unpaired) electrons. The lowest BCUT2D eigenvalue weighted by Crippen LogP contribution is -2.63. The van der Waals surface area contributed by atoms with Crippen LogP contribution in [0.25, 0.3) is 0 Å². The highest BCUT2D eigenvalue weighted by Crippen LogP contribution is 2.31. The number of hydrogen-bond acceptors (Lipinski definition) is 2. The molecule has 2 nitrogen and oxygen atoms in total. The van der Waals surface area contributed by atoms with Crippen LogP contribution in [0.5, 0.6) is 0 Å². The van der Waals surface area contributed by atoms with Gasteiger partial charge in [0, 0.05) is 28.2 Å². The van der Waals surface area contributed by atoms with E-state index in [0.29, 0.717) is 6.04 Å². The molecule has 1 aliphatic rings. The molecule has 0 bridgehead atoms. The second kappa shape index (κ2) is 5.95. The zero-order valence-corrected chi connectivity index (χ0v) is 14.0. The Hall–Kier alpha value is -0.360. The summed E-state index contributed by atoms with van der Waals surface area (Å²) in [5, 5.41) is 3.69. The molecule has 1 saturated heterocycles. The summed E-state index contributed by atoms with van der Waals surface area (Å²) in [4.78, 5) is 2.42.